The van der Waals surface area contributed by atoms with Gasteiger partial charge in [-0.05, 0) is 36.0 Å². The van der Waals surface area contributed by atoms with Gasteiger partial charge in [-0.15, -0.1) is 0 Å². The van der Waals surface area contributed by atoms with Crippen LogP contribution in [0.5, 0.6) is 0 Å². The number of aromatic amines is 1. The second-order valence-electron chi connectivity index (χ2n) is 7.53. The van der Waals surface area contributed by atoms with Crippen LogP contribution in [0.3, 0.4) is 0 Å². The number of benzene rings is 1. The van der Waals surface area contributed by atoms with Crippen molar-refractivity contribution in [1.82, 2.24) is 15.6 Å². The first-order valence-corrected chi connectivity index (χ1v) is 8.89. The Balaban J connectivity index is 1.89. The van der Waals surface area contributed by atoms with E-state index in [0.717, 1.165) is 25.5 Å². The van der Waals surface area contributed by atoms with Crippen molar-refractivity contribution in [3.63, 3.8) is 0 Å². The van der Waals surface area contributed by atoms with Crippen LogP contribution >= 0.6 is 0 Å². The van der Waals surface area contributed by atoms with Crippen LogP contribution in [-0.4, -0.2) is 44.3 Å². The molecule has 0 aliphatic rings. The standard InChI is InChI=1S/C20H32N4O/c1-14-8-7-9-16-18(14)15(12-23-16)10-11-22-19(21-5)24-13-17(25-6)20(2,3)4/h7-9,12,17,23H,10-11,13H2,1-6H3,(H2,21,22,24). The number of rotatable bonds is 6. The molecule has 2 rings (SSSR count). The topological polar surface area (TPSA) is 61.4 Å². The van der Waals surface area contributed by atoms with Gasteiger partial charge >= 0.3 is 0 Å². The summed E-state index contributed by atoms with van der Waals surface area (Å²) in [6, 6.07) is 6.37. The van der Waals surface area contributed by atoms with E-state index in [1.807, 2.05) is 0 Å². The van der Waals surface area contributed by atoms with E-state index in [-0.39, 0.29) is 11.5 Å². The number of hydrogen-bond donors (Lipinski definition) is 3. The minimum absolute atomic E-state index is 0.0855. The third-order valence-corrected chi connectivity index (χ3v) is 4.61. The van der Waals surface area contributed by atoms with Gasteiger partial charge in [-0.25, -0.2) is 0 Å². The summed E-state index contributed by atoms with van der Waals surface area (Å²) in [6.45, 7) is 10.3. The number of hydrogen-bond acceptors (Lipinski definition) is 2. The highest BCUT2D eigenvalue weighted by Gasteiger charge is 2.24. The molecule has 1 aromatic carbocycles. The second-order valence-corrected chi connectivity index (χ2v) is 7.53. The van der Waals surface area contributed by atoms with Crippen LogP contribution in [-0.2, 0) is 11.2 Å². The number of aliphatic imine (C=N–C) groups is 1. The smallest absolute Gasteiger partial charge is 0.191 e. The Morgan fingerprint density at radius 3 is 2.68 bits per heavy atom. The summed E-state index contributed by atoms with van der Waals surface area (Å²) in [5, 5.41) is 8.09. The normalized spacial score (nSPS) is 13.9. The number of aromatic nitrogens is 1. The number of guanidine groups is 1. The van der Waals surface area contributed by atoms with E-state index in [2.05, 4.69) is 72.7 Å². The Hall–Kier alpha value is -2.01. The van der Waals surface area contributed by atoms with E-state index in [4.69, 9.17) is 4.74 Å². The Labute approximate surface area is 151 Å². The SMILES string of the molecule is CN=C(NCCc1c[nH]c2cccc(C)c12)NCC(OC)C(C)(C)C. The summed E-state index contributed by atoms with van der Waals surface area (Å²) < 4.78 is 5.58. The molecule has 0 saturated carbocycles. The molecule has 1 atom stereocenters. The van der Waals surface area contributed by atoms with E-state index in [9.17, 15) is 0 Å². The summed E-state index contributed by atoms with van der Waals surface area (Å²) in [4.78, 5) is 7.66. The first-order valence-electron chi connectivity index (χ1n) is 8.89. The number of H-pyrrole nitrogens is 1. The zero-order valence-electron chi connectivity index (χ0n) is 16.4. The van der Waals surface area contributed by atoms with Crippen LogP contribution in [0.15, 0.2) is 29.4 Å². The highest BCUT2D eigenvalue weighted by atomic mass is 16.5. The monoisotopic (exact) mass is 344 g/mol. The molecule has 0 amide bonds. The van der Waals surface area contributed by atoms with Gasteiger partial charge in [0.2, 0.25) is 0 Å². The number of aryl methyl sites for hydroxylation is 1. The maximum absolute atomic E-state index is 5.58. The van der Waals surface area contributed by atoms with Gasteiger partial charge in [0.15, 0.2) is 5.96 Å². The van der Waals surface area contributed by atoms with Gasteiger partial charge in [0.25, 0.3) is 0 Å². The van der Waals surface area contributed by atoms with Crippen molar-refractivity contribution in [2.45, 2.75) is 40.2 Å². The minimum Gasteiger partial charge on any atom is -0.379 e. The first kappa shape index (κ1) is 19.3. The van der Waals surface area contributed by atoms with E-state index in [1.165, 1.54) is 22.0 Å². The lowest BCUT2D eigenvalue weighted by molar-refractivity contribution is 0.0205. The Morgan fingerprint density at radius 1 is 1.28 bits per heavy atom. The maximum Gasteiger partial charge on any atom is 0.191 e. The molecule has 0 fully saturated rings. The fourth-order valence-electron chi connectivity index (χ4n) is 3.12. The fourth-order valence-corrected chi connectivity index (χ4v) is 3.12. The van der Waals surface area contributed by atoms with E-state index < -0.39 is 0 Å². The highest BCUT2D eigenvalue weighted by molar-refractivity contribution is 5.86. The molecule has 1 aromatic heterocycles. The van der Waals surface area contributed by atoms with Crippen molar-refractivity contribution in [2.24, 2.45) is 10.4 Å². The predicted octanol–water partition coefficient (Wildman–Crippen LogP) is 3.24. The maximum atomic E-state index is 5.58. The predicted molar refractivity (Wildman–Crippen MR) is 106 cm³/mol. The summed E-state index contributed by atoms with van der Waals surface area (Å²) in [6.07, 6.45) is 3.18. The third-order valence-electron chi connectivity index (χ3n) is 4.61. The van der Waals surface area contributed by atoms with E-state index >= 15 is 0 Å². The van der Waals surface area contributed by atoms with Gasteiger partial charge in [-0.3, -0.25) is 4.99 Å². The second kappa shape index (κ2) is 8.39. The lowest BCUT2D eigenvalue weighted by Crippen LogP contribution is -2.45. The third kappa shape index (κ3) is 4.98. The van der Waals surface area contributed by atoms with Crippen LogP contribution in [0.4, 0.5) is 0 Å². The first-order chi connectivity index (χ1) is 11.9. The Bertz CT molecular complexity index is 712. The van der Waals surface area contributed by atoms with Crippen LogP contribution in [0, 0.1) is 12.3 Å². The van der Waals surface area contributed by atoms with Crippen LogP contribution < -0.4 is 10.6 Å². The summed E-state index contributed by atoms with van der Waals surface area (Å²) in [7, 11) is 3.55. The van der Waals surface area contributed by atoms with Crippen LogP contribution in [0.2, 0.25) is 0 Å². The largest absolute Gasteiger partial charge is 0.379 e. The van der Waals surface area contributed by atoms with Gasteiger partial charge < -0.3 is 20.4 Å². The lowest BCUT2D eigenvalue weighted by atomic mass is 9.89. The summed E-state index contributed by atoms with van der Waals surface area (Å²) in [5.74, 6) is 0.808. The average Bonchev–Trinajstić information content (AvgIpc) is 2.97. The van der Waals surface area contributed by atoms with Crippen LogP contribution in [0.1, 0.15) is 31.9 Å². The molecule has 5 nitrogen and oxygen atoms in total. The number of nitrogens with one attached hydrogen (secondary N) is 3. The zero-order valence-corrected chi connectivity index (χ0v) is 16.4. The Kier molecular flexibility index (Phi) is 6.48. The van der Waals surface area contributed by atoms with Gasteiger partial charge in [0.1, 0.15) is 0 Å². The zero-order chi connectivity index (χ0) is 18.4. The molecule has 25 heavy (non-hydrogen) atoms. The van der Waals surface area contributed by atoms with Crippen molar-refractivity contribution in [2.75, 3.05) is 27.2 Å². The molecule has 0 spiro atoms. The number of fused-ring (bicyclic) bond motifs is 1. The van der Waals surface area contributed by atoms with Gasteiger partial charge in [0, 0.05) is 44.3 Å². The number of nitrogens with zero attached hydrogens (tertiary/aromatic N) is 1. The Morgan fingerprint density at radius 2 is 2.04 bits per heavy atom. The fraction of sp³-hybridized carbons (Fsp3) is 0.550. The summed E-state index contributed by atoms with van der Waals surface area (Å²) >= 11 is 0. The molecule has 0 radical (unpaired) electrons. The summed E-state index contributed by atoms with van der Waals surface area (Å²) in [5.41, 5.74) is 3.93. The molecule has 3 N–H and O–H groups in total. The van der Waals surface area contributed by atoms with Gasteiger partial charge in [-0.2, -0.15) is 0 Å². The molecule has 5 heteroatoms. The molecular weight excluding hydrogens is 312 g/mol. The van der Waals surface area contributed by atoms with Crippen molar-refractivity contribution < 1.29 is 4.74 Å². The minimum atomic E-state index is 0.0855. The van der Waals surface area contributed by atoms with Crippen molar-refractivity contribution in [1.29, 1.82) is 0 Å². The molecule has 0 aliphatic heterocycles. The molecule has 0 aliphatic carbocycles. The number of methoxy groups -OCH3 is 1. The van der Waals surface area contributed by atoms with E-state index in [1.54, 1.807) is 14.2 Å². The average molecular weight is 345 g/mol. The molecule has 1 heterocycles. The van der Waals surface area contributed by atoms with Gasteiger partial charge in [0.05, 0.1) is 6.10 Å². The lowest BCUT2D eigenvalue weighted by Gasteiger charge is -2.30. The van der Waals surface area contributed by atoms with Gasteiger partial charge in [-0.1, -0.05) is 32.9 Å². The molecule has 2 aromatic rings. The van der Waals surface area contributed by atoms with Crippen molar-refractivity contribution in [3.05, 3.63) is 35.5 Å². The quantitative estimate of drug-likeness (QED) is 0.557. The molecule has 0 bridgehead atoms. The van der Waals surface area contributed by atoms with Crippen molar-refractivity contribution in [3.8, 4) is 0 Å². The highest BCUT2D eigenvalue weighted by Crippen LogP contribution is 2.22. The molecular formula is C20H32N4O. The van der Waals surface area contributed by atoms with Crippen molar-refractivity contribution >= 4 is 16.9 Å². The van der Waals surface area contributed by atoms with E-state index in [0.29, 0.717) is 0 Å². The molecule has 0 saturated heterocycles. The number of ether oxygens (including phenoxy) is 1. The van der Waals surface area contributed by atoms with Crippen LogP contribution in [0.25, 0.3) is 10.9 Å². The molecule has 138 valence electrons. The molecule has 1 unspecified atom stereocenters.